The van der Waals surface area contributed by atoms with Gasteiger partial charge in [-0.25, -0.2) is 0 Å². The molecule has 0 spiro atoms. The van der Waals surface area contributed by atoms with Gasteiger partial charge in [0.05, 0.1) is 0 Å². The average Bonchev–Trinajstić information content (AvgIpc) is 2.66. The Kier molecular flexibility index (Phi) is 411. The van der Waals surface area contributed by atoms with E-state index >= 15 is 0 Å². The summed E-state index contributed by atoms with van der Waals surface area (Å²) in [5.41, 5.74) is 0. The monoisotopic (exact) mass is 527 g/mol. The van der Waals surface area contributed by atoms with E-state index in [1.54, 1.807) is 4.88 Å². The third kappa shape index (κ3) is 550. The second kappa shape index (κ2) is 147. The molecular weight excluding hydrogens is 509 g/mol. The van der Waals surface area contributed by atoms with Crippen molar-refractivity contribution in [1.82, 2.24) is 0 Å². The van der Waals surface area contributed by atoms with Crippen LogP contribution in [0.15, 0.2) is 0 Å². The Labute approximate surface area is 182 Å². The quantitative estimate of drug-likeness (QED) is 0.294. The van der Waals surface area contributed by atoms with Crippen LogP contribution in [0.25, 0.3) is 0 Å². The molecule has 12 heteroatoms. The Morgan fingerprint density at radius 3 is 0.615 bits per heavy atom. The van der Waals surface area contributed by atoms with Crippen molar-refractivity contribution < 1.29 is 71.4 Å². The predicted molar refractivity (Wildman–Crippen MR) is 77.1 cm³/mol. The van der Waals surface area contributed by atoms with Crippen LogP contribution in [-0.2, 0) is 71.4 Å². The molecule has 26 heavy (non-hydrogen) atoms. The van der Waals surface area contributed by atoms with Crippen LogP contribution in [0.2, 0.25) is 36.0 Å². The third-order valence-corrected chi connectivity index (χ3v) is 13.8. The molecule has 0 aromatic rings. The molecule has 1 radical (unpaired) electrons. The first-order valence-electron chi connectivity index (χ1n) is 4.84. The van der Waals surface area contributed by atoms with Crippen LogP contribution in [-0.4, -0.2) is 22.4 Å². The Hall–Kier alpha value is -0.281. The van der Waals surface area contributed by atoms with Crippen LogP contribution in [0.5, 0.6) is 0 Å². The van der Waals surface area contributed by atoms with E-state index in [4.69, 9.17) is 37.2 Å². The Balaban J connectivity index is -0.0000000120. The van der Waals surface area contributed by atoms with Gasteiger partial charge < -0.3 is 0 Å². The van der Waals surface area contributed by atoms with Gasteiger partial charge in [-0.1, -0.05) is 0 Å². The second-order valence-electron chi connectivity index (χ2n) is 3.94. The first-order chi connectivity index (χ1) is 11.4. The first-order valence-corrected chi connectivity index (χ1v) is 14.2. The van der Waals surface area contributed by atoms with Crippen molar-refractivity contribution in [3.05, 3.63) is 53.2 Å². The molecule has 0 heterocycles. The van der Waals surface area contributed by atoms with E-state index in [1.807, 2.05) is 0 Å². The topological polar surface area (TPSA) is 159 Å². The van der Waals surface area contributed by atoms with Crippen LogP contribution in [0.4, 0.5) is 0 Å². The SMILES string of the molecule is [C-]#[O+].[C-]#[O+].[C-]#[O+].[C-]#[O+].[C-]#[O+].[C-]#[O+].[C-]#[O+].[C-]#[O+].[CH3][Ge]([CH3])[CH2][Si](C)(C)C.[Fe].[Fe]. The molecule has 0 bridgehead atoms. The van der Waals surface area contributed by atoms with Gasteiger partial charge in [-0.05, 0) is 0 Å². The van der Waals surface area contributed by atoms with Gasteiger partial charge >= 0.3 is 149 Å². The summed E-state index contributed by atoms with van der Waals surface area (Å²) in [5.74, 6) is 4.94. The molecule has 0 aliphatic rings. The fraction of sp³-hybridized carbons (Fsp3) is 0.429. The fourth-order valence-electron chi connectivity index (χ4n) is 1.06. The third-order valence-electron chi connectivity index (χ3n) is 0.884. The van der Waals surface area contributed by atoms with E-state index in [9.17, 15) is 0 Å². The summed E-state index contributed by atoms with van der Waals surface area (Å²) in [6.07, 6.45) is 0. The van der Waals surface area contributed by atoms with E-state index < -0.39 is 22.4 Å². The van der Waals surface area contributed by atoms with Gasteiger partial charge in [0.2, 0.25) is 0 Å². The first kappa shape index (κ1) is 72.5. The van der Waals surface area contributed by atoms with Gasteiger partial charge in [-0.2, -0.15) is 0 Å². The largest absolute Gasteiger partial charge is 0 e. The molecule has 0 N–H and O–H groups in total. The fourth-order valence-corrected chi connectivity index (χ4v) is 16.5. The van der Waals surface area contributed by atoms with E-state index in [0.29, 0.717) is 0 Å². The summed E-state index contributed by atoms with van der Waals surface area (Å²) in [4.78, 5) is 1.63. The molecule has 8 nitrogen and oxygen atoms in total. The molecular formula is C14H17Fe2GeO8Si. The molecule has 0 saturated heterocycles. The van der Waals surface area contributed by atoms with Gasteiger partial charge in [0, 0.05) is 34.1 Å². The molecule has 145 valence electrons. The Morgan fingerprint density at radius 2 is 0.615 bits per heavy atom. The molecule has 0 unspecified atom stereocenters. The maximum absolute atomic E-state index is 7.50. The zero-order valence-electron chi connectivity index (χ0n) is 14.7. The Morgan fingerprint density at radius 1 is 0.500 bits per heavy atom. The maximum atomic E-state index is 7.50. The average molecular weight is 526 g/mol. The minimum Gasteiger partial charge on any atom is 0 e. The molecule has 0 aromatic heterocycles. The smallest absolute Gasteiger partial charge is 0 e. The Bertz CT molecular complexity index is 267. The minimum atomic E-state index is -0.646. The van der Waals surface area contributed by atoms with Gasteiger partial charge in [0.1, 0.15) is 0 Å². The van der Waals surface area contributed by atoms with Gasteiger partial charge in [0.15, 0.2) is 0 Å². The summed E-state index contributed by atoms with van der Waals surface area (Å²) in [5, 5.41) is 0. The summed E-state index contributed by atoms with van der Waals surface area (Å²) < 4.78 is 60.0. The second-order valence-corrected chi connectivity index (χ2v) is 16.7. The normalized spacial score (nSPS) is 4.54. The van der Waals surface area contributed by atoms with E-state index in [0.717, 1.165) is 0 Å². The van der Waals surface area contributed by atoms with Crippen molar-refractivity contribution in [2.45, 2.75) is 36.0 Å². The van der Waals surface area contributed by atoms with Crippen molar-refractivity contribution in [3.8, 4) is 0 Å². The summed E-state index contributed by atoms with van der Waals surface area (Å²) in [6.45, 7) is 43.4. The van der Waals surface area contributed by atoms with Crippen molar-refractivity contribution in [2.75, 3.05) is 0 Å². The summed E-state index contributed by atoms with van der Waals surface area (Å²) >= 11 is -0.461. The molecule has 0 rings (SSSR count). The maximum Gasteiger partial charge on any atom is 0 e. The molecule has 0 atom stereocenters. The van der Waals surface area contributed by atoms with Crippen molar-refractivity contribution in [2.24, 2.45) is 0 Å². The molecule has 0 saturated carbocycles. The van der Waals surface area contributed by atoms with Crippen LogP contribution < -0.4 is 0 Å². The molecule has 0 aromatic carbocycles. The van der Waals surface area contributed by atoms with Gasteiger partial charge in [0.25, 0.3) is 0 Å². The van der Waals surface area contributed by atoms with Crippen LogP contribution in [0.1, 0.15) is 0 Å². The predicted octanol–water partition coefficient (Wildman–Crippen LogP) is 2.31. The number of hydrogen-bond acceptors (Lipinski definition) is 0. The zero-order valence-corrected chi connectivity index (χ0v) is 20.0. The zero-order chi connectivity index (χ0) is 22.8. The summed E-state index contributed by atoms with van der Waals surface area (Å²) in [6, 6.07) is 0. The van der Waals surface area contributed by atoms with Crippen LogP contribution >= 0.6 is 0 Å². The van der Waals surface area contributed by atoms with Crippen molar-refractivity contribution in [3.63, 3.8) is 0 Å². The molecule has 0 aliphatic heterocycles. The molecule has 0 amide bonds. The number of hydrogen-bond donors (Lipinski definition) is 0. The number of rotatable bonds is 2. The molecule has 0 aliphatic carbocycles. The summed E-state index contributed by atoms with van der Waals surface area (Å²) in [7, 11) is -0.646. The van der Waals surface area contributed by atoms with E-state index in [2.05, 4.69) is 84.4 Å². The van der Waals surface area contributed by atoms with Crippen molar-refractivity contribution in [1.29, 1.82) is 0 Å². The van der Waals surface area contributed by atoms with Crippen molar-refractivity contribution >= 4 is 22.4 Å². The van der Waals surface area contributed by atoms with Crippen LogP contribution in [0.3, 0.4) is 0 Å². The van der Waals surface area contributed by atoms with Gasteiger partial charge in [-0.15, -0.1) is 0 Å². The van der Waals surface area contributed by atoms with Gasteiger partial charge in [-0.3, -0.25) is 0 Å². The van der Waals surface area contributed by atoms with Crippen LogP contribution in [0, 0.1) is 53.2 Å². The molecule has 0 fully saturated rings. The standard InChI is InChI=1S/C6H17GeSi.8CO.2Fe/c1-7(2)6-8(3,4)5;8*1-2;;/h6H2,1-5H3;;;;;;;;;;. The van der Waals surface area contributed by atoms with E-state index in [-0.39, 0.29) is 34.1 Å². The van der Waals surface area contributed by atoms with E-state index in [1.165, 1.54) is 0 Å². The minimum absolute atomic E-state index is 0.